The molecule has 2 amide bonds. The minimum atomic E-state index is -0.690. The van der Waals surface area contributed by atoms with Crippen molar-refractivity contribution in [2.75, 3.05) is 5.32 Å². The molecule has 1 heterocycles. The third-order valence-electron chi connectivity index (χ3n) is 4.74. The van der Waals surface area contributed by atoms with Gasteiger partial charge >= 0.3 is 0 Å². The summed E-state index contributed by atoms with van der Waals surface area (Å²) in [4.78, 5) is 26.4. The van der Waals surface area contributed by atoms with E-state index in [4.69, 9.17) is 4.74 Å². The standard InChI is InChI=1S/C22H24F2N2O3/c1-4-19-22(28)26(11-14-7-16(23)10-17(24)8-14)12-15-9-18(5-6-20(15)29-19)25-21(27)13(2)3/h5-10,13,19H,4,11-12H2,1-3H3,(H,25,27). The van der Waals surface area contributed by atoms with Crippen LogP contribution < -0.4 is 10.1 Å². The molecule has 0 saturated carbocycles. The molecule has 0 radical (unpaired) electrons. The number of hydrogen-bond donors (Lipinski definition) is 1. The van der Waals surface area contributed by atoms with Gasteiger partial charge in [0, 0.05) is 36.3 Å². The Bertz CT molecular complexity index is 910. The van der Waals surface area contributed by atoms with E-state index >= 15 is 0 Å². The smallest absolute Gasteiger partial charge is 0.264 e. The number of benzene rings is 2. The number of rotatable bonds is 5. The highest BCUT2D eigenvalue weighted by atomic mass is 19.1. The summed E-state index contributed by atoms with van der Waals surface area (Å²) >= 11 is 0. The Labute approximate surface area is 168 Å². The molecular weight excluding hydrogens is 378 g/mol. The number of nitrogens with zero attached hydrogens (tertiary/aromatic N) is 1. The Kier molecular flexibility index (Phi) is 6.15. The van der Waals surface area contributed by atoms with Gasteiger partial charge in [0.05, 0.1) is 0 Å². The maximum absolute atomic E-state index is 13.6. The van der Waals surface area contributed by atoms with Crippen LogP contribution in [-0.4, -0.2) is 22.8 Å². The third-order valence-corrected chi connectivity index (χ3v) is 4.74. The molecule has 5 nitrogen and oxygen atoms in total. The van der Waals surface area contributed by atoms with Gasteiger partial charge in [0.2, 0.25) is 5.91 Å². The minimum absolute atomic E-state index is 0.0510. The summed E-state index contributed by atoms with van der Waals surface area (Å²) in [5.74, 6) is -1.36. The number of hydrogen-bond acceptors (Lipinski definition) is 3. The molecular formula is C22H24F2N2O3. The Morgan fingerprint density at radius 1 is 1.21 bits per heavy atom. The van der Waals surface area contributed by atoms with Crippen LogP contribution in [0.5, 0.6) is 5.75 Å². The molecule has 154 valence electrons. The van der Waals surface area contributed by atoms with Crippen LogP contribution in [-0.2, 0) is 22.7 Å². The number of ether oxygens (including phenoxy) is 1. The molecule has 2 aromatic rings. The van der Waals surface area contributed by atoms with Gasteiger partial charge in [-0.3, -0.25) is 9.59 Å². The van der Waals surface area contributed by atoms with Crippen LogP contribution in [0.15, 0.2) is 36.4 Å². The fourth-order valence-corrected chi connectivity index (χ4v) is 3.19. The highest BCUT2D eigenvalue weighted by Gasteiger charge is 2.30. The SMILES string of the molecule is CCC1Oc2ccc(NC(=O)C(C)C)cc2CN(Cc2cc(F)cc(F)c2)C1=O. The van der Waals surface area contributed by atoms with Crippen molar-refractivity contribution in [2.24, 2.45) is 5.92 Å². The first-order chi connectivity index (χ1) is 13.8. The average Bonchev–Trinajstić information content (AvgIpc) is 2.77. The molecule has 0 saturated heterocycles. The van der Waals surface area contributed by atoms with Gasteiger partial charge in [-0.25, -0.2) is 8.78 Å². The predicted octanol–water partition coefficient (Wildman–Crippen LogP) is 4.26. The number of anilines is 1. The summed E-state index contributed by atoms with van der Waals surface area (Å²) in [7, 11) is 0. The van der Waals surface area contributed by atoms with Gasteiger partial charge < -0.3 is 15.0 Å². The Hall–Kier alpha value is -2.96. The van der Waals surface area contributed by atoms with Crippen molar-refractivity contribution in [3.63, 3.8) is 0 Å². The predicted molar refractivity (Wildman–Crippen MR) is 105 cm³/mol. The summed E-state index contributed by atoms with van der Waals surface area (Å²) in [5, 5.41) is 2.83. The second-order valence-corrected chi connectivity index (χ2v) is 7.45. The summed E-state index contributed by atoms with van der Waals surface area (Å²) in [6.07, 6.45) is -0.233. The van der Waals surface area contributed by atoms with E-state index in [-0.39, 0.29) is 30.8 Å². The first kappa shape index (κ1) is 20.8. The molecule has 1 aliphatic rings. The molecule has 29 heavy (non-hydrogen) atoms. The second-order valence-electron chi connectivity index (χ2n) is 7.45. The first-order valence-electron chi connectivity index (χ1n) is 9.61. The Morgan fingerprint density at radius 2 is 1.90 bits per heavy atom. The van der Waals surface area contributed by atoms with E-state index in [9.17, 15) is 18.4 Å². The van der Waals surface area contributed by atoms with Crippen LogP contribution in [0, 0.1) is 17.6 Å². The first-order valence-corrected chi connectivity index (χ1v) is 9.61. The van der Waals surface area contributed by atoms with Crippen LogP contribution in [0.2, 0.25) is 0 Å². The molecule has 1 aliphatic heterocycles. The summed E-state index contributed by atoms with van der Waals surface area (Å²) in [5.41, 5.74) is 1.68. The van der Waals surface area contributed by atoms with Crippen molar-refractivity contribution in [2.45, 2.75) is 46.4 Å². The molecule has 7 heteroatoms. The van der Waals surface area contributed by atoms with Crippen LogP contribution in [0.4, 0.5) is 14.5 Å². The van der Waals surface area contributed by atoms with E-state index in [1.165, 1.54) is 17.0 Å². The minimum Gasteiger partial charge on any atom is -0.480 e. The molecule has 3 rings (SSSR count). The van der Waals surface area contributed by atoms with Crippen molar-refractivity contribution in [3.8, 4) is 5.75 Å². The lowest BCUT2D eigenvalue weighted by molar-refractivity contribution is -0.139. The lowest BCUT2D eigenvalue weighted by atomic mass is 10.1. The number of carbonyl (C=O) groups excluding carboxylic acids is 2. The van der Waals surface area contributed by atoms with Crippen LogP contribution in [0.1, 0.15) is 38.3 Å². The highest BCUT2D eigenvalue weighted by Crippen LogP contribution is 2.30. The molecule has 0 bridgehead atoms. The fraction of sp³-hybridized carbons (Fsp3) is 0.364. The molecule has 0 spiro atoms. The van der Waals surface area contributed by atoms with E-state index in [2.05, 4.69) is 5.32 Å². The van der Waals surface area contributed by atoms with Gasteiger partial charge in [-0.1, -0.05) is 20.8 Å². The lowest BCUT2D eigenvalue weighted by Gasteiger charge is -2.23. The monoisotopic (exact) mass is 402 g/mol. The van der Waals surface area contributed by atoms with Gasteiger partial charge in [0.1, 0.15) is 17.4 Å². The van der Waals surface area contributed by atoms with Gasteiger partial charge in [-0.05, 0) is 42.3 Å². The van der Waals surface area contributed by atoms with Gasteiger partial charge in [0.25, 0.3) is 5.91 Å². The molecule has 0 aliphatic carbocycles. The number of halogens is 2. The van der Waals surface area contributed by atoms with E-state index < -0.39 is 17.7 Å². The lowest BCUT2D eigenvalue weighted by Crippen LogP contribution is -2.38. The number of amides is 2. The van der Waals surface area contributed by atoms with E-state index in [0.717, 1.165) is 6.07 Å². The Morgan fingerprint density at radius 3 is 2.52 bits per heavy atom. The van der Waals surface area contributed by atoms with E-state index in [1.807, 2.05) is 6.92 Å². The third kappa shape index (κ3) is 4.91. The zero-order chi connectivity index (χ0) is 21.1. The summed E-state index contributed by atoms with van der Waals surface area (Å²) in [6, 6.07) is 8.44. The van der Waals surface area contributed by atoms with E-state index in [1.54, 1.807) is 32.0 Å². The average molecular weight is 402 g/mol. The molecule has 0 aromatic heterocycles. The summed E-state index contributed by atoms with van der Waals surface area (Å²) in [6.45, 7) is 5.69. The topological polar surface area (TPSA) is 58.6 Å². The zero-order valence-corrected chi connectivity index (χ0v) is 16.7. The van der Waals surface area contributed by atoms with Crippen molar-refractivity contribution in [1.82, 2.24) is 4.90 Å². The number of fused-ring (bicyclic) bond motifs is 1. The van der Waals surface area contributed by atoms with Crippen molar-refractivity contribution < 1.29 is 23.1 Å². The maximum atomic E-state index is 13.6. The van der Waals surface area contributed by atoms with Crippen molar-refractivity contribution in [1.29, 1.82) is 0 Å². The molecule has 1 atom stereocenters. The number of carbonyl (C=O) groups is 2. The Balaban J connectivity index is 1.91. The van der Waals surface area contributed by atoms with Gasteiger partial charge in [0.15, 0.2) is 6.10 Å². The van der Waals surface area contributed by atoms with Crippen LogP contribution >= 0.6 is 0 Å². The molecule has 1 N–H and O–H groups in total. The van der Waals surface area contributed by atoms with E-state index in [0.29, 0.717) is 29.0 Å². The quantitative estimate of drug-likeness (QED) is 0.813. The fourth-order valence-electron chi connectivity index (χ4n) is 3.19. The maximum Gasteiger partial charge on any atom is 0.264 e. The molecule has 1 unspecified atom stereocenters. The molecule has 0 fully saturated rings. The molecule has 2 aromatic carbocycles. The second kappa shape index (κ2) is 8.59. The largest absolute Gasteiger partial charge is 0.480 e. The highest BCUT2D eigenvalue weighted by molar-refractivity contribution is 5.92. The van der Waals surface area contributed by atoms with Crippen molar-refractivity contribution in [3.05, 3.63) is 59.2 Å². The summed E-state index contributed by atoms with van der Waals surface area (Å²) < 4.78 is 33.0. The number of nitrogens with one attached hydrogen (secondary N) is 1. The normalized spacial score (nSPS) is 16.3. The zero-order valence-electron chi connectivity index (χ0n) is 16.7. The van der Waals surface area contributed by atoms with Gasteiger partial charge in [-0.2, -0.15) is 0 Å². The van der Waals surface area contributed by atoms with Crippen LogP contribution in [0.25, 0.3) is 0 Å². The van der Waals surface area contributed by atoms with Crippen LogP contribution in [0.3, 0.4) is 0 Å². The van der Waals surface area contributed by atoms with Gasteiger partial charge in [-0.15, -0.1) is 0 Å². The van der Waals surface area contributed by atoms with Crippen molar-refractivity contribution >= 4 is 17.5 Å².